The number of nitrogens with two attached hydrogens (primary N) is 1. The number of hydrogen-bond acceptors (Lipinski definition) is 2. The van der Waals surface area contributed by atoms with Crippen molar-refractivity contribution in [2.75, 3.05) is 0 Å². The second-order valence-electron chi connectivity index (χ2n) is 4.86. The van der Waals surface area contributed by atoms with E-state index in [0.717, 1.165) is 5.56 Å². The van der Waals surface area contributed by atoms with E-state index in [-0.39, 0.29) is 30.3 Å². The van der Waals surface area contributed by atoms with E-state index in [1.54, 1.807) is 0 Å². The zero-order valence-electron chi connectivity index (χ0n) is 11.4. The van der Waals surface area contributed by atoms with Crippen LogP contribution in [0.4, 0.5) is 0 Å². The highest BCUT2D eigenvalue weighted by atomic mass is 35.5. The monoisotopic (exact) mass is 270 g/mol. The summed E-state index contributed by atoms with van der Waals surface area (Å²) in [6.45, 7) is 7.92. The van der Waals surface area contributed by atoms with Gasteiger partial charge in [-0.3, -0.25) is 4.79 Å². The zero-order valence-corrected chi connectivity index (χ0v) is 12.3. The number of rotatable bonds is 4. The first-order valence-electron chi connectivity index (χ1n) is 6.05. The average Bonchev–Trinajstić information content (AvgIpc) is 2.28. The Kier molecular flexibility index (Phi) is 6.96. The van der Waals surface area contributed by atoms with Gasteiger partial charge in [0.2, 0.25) is 5.91 Å². The standard InChI is InChI=1S/C14H22N2O.ClH/c1-9(2)13(15)14(17)16-11(4)12-8-6-5-7-10(12)3;/h5-9,11,13H,15H2,1-4H3,(H,16,17);1H/t11?,13-;/m1./s1. The number of benzene rings is 1. The van der Waals surface area contributed by atoms with E-state index < -0.39 is 6.04 Å². The van der Waals surface area contributed by atoms with Crippen molar-refractivity contribution >= 4 is 18.3 Å². The molecule has 18 heavy (non-hydrogen) atoms. The van der Waals surface area contributed by atoms with Gasteiger partial charge in [-0.25, -0.2) is 0 Å². The molecule has 0 aliphatic heterocycles. The molecule has 0 aliphatic rings. The minimum Gasteiger partial charge on any atom is -0.348 e. The van der Waals surface area contributed by atoms with Crippen LogP contribution in [0.1, 0.15) is 37.9 Å². The lowest BCUT2D eigenvalue weighted by Crippen LogP contribution is -2.44. The van der Waals surface area contributed by atoms with Crippen LogP contribution in [0, 0.1) is 12.8 Å². The highest BCUT2D eigenvalue weighted by Crippen LogP contribution is 2.16. The summed E-state index contributed by atoms with van der Waals surface area (Å²) in [7, 11) is 0. The molecule has 2 atom stereocenters. The third-order valence-corrected chi connectivity index (χ3v) is 3.03. The molecule has 1 amide bonds. The number of nitrogens with one attached hydrogen (secondary N) is 1. The van der Waals surface area contributed by atoms with Gasteiger partial charge in [0.05, 0.1) is 12.1 Å². The van der Waals surface area contributed by atoms with E-state index in [2.05, 4.69) is 5.32 Å². The van der Waals surface area contributed by atoms with Crippen LogP contribution in [-0.2, 0) is 4.79 Å². The molecule has 0 heterocycles. The van der Waals surface area contributed by atoms with Crippen LogP contribution in [0.2, 0.25) is 0 Å². The minimum atomic E-state index is -0.443. The summed E-state index contributed by atoms with van der Waals surface area (Å²) in [4.78, 5) is 11.8. The minimum absolute atomic E-state index is 0. The van der Waals surface area contributed by atoms with Gasteiger partial charge in [-0.15, -0.1) is 12.4 Å². The number of amides is 1. The molecule has 0 bridgehead atoms. The van der Waals surface area contributed by atoms with Crippen LogP contribution in [0.3, 0.4) is 0 Å². The highest BCUT2D eigenvalue weighted by Gasteiger charge is 2.19. The van der Waals surface area contributed by atoms with E-state index in [1.165, 1.54) is 5.56 Å². The summed E-state index contributed by atoms with van der Waals surface area (Å²) in [6.07, 6.45) is 0. The molecule has 0 fully saturated rings. The second kappa shape index (κ2) is 7.39. The lowest BCUT2D eigenvalue weighted by Gasteiger charge is -2.21. The summed E-state index contributed by atoms with van der Waals surface area (Å²) in [6, 6.07) is 7.59. The topological polar surface area (TPSA) is 55.1 Å². The van der Waals surface area contributed by atoms with Crippen molar-refractivity contribution in [2.45, 2.75) is 39.8 Å². The van der Waals surface area contributed by atoms with Crippen molar-refractivity contribution in [1.29, 1.82) is 0 Å². The van der Waals surface area contributed by atoms with Crippen molar-refractivity contribution in [2.24, 2.45) is 11.7 Å². The van der Waals surface area contributed by atoms with Gasteiger partial charge in [-0.05, 0) is 30.9 Å². The predicted octanol–water partition coefficient (Wildman–Crippen LogP) is 2.58. The Balaban J connectivity index is 0.00000289. The number of carbonyl (C=O) groups excluding carboxylic acids is 1. The van der Waals surface area contributed by atoms with Crippen LogP contribution < -0.4 is 11.1 Å². The lowest BCUT2D eigenvalue weighted by atomic mass is 10.0. The summed E-state index contributed by atoms with van der Waals surface area (Å²) >= 11 is 0. The first kappa shape index (κ1) is 16.9. The Morgan fingerprint density at radius 3 is 2.28 bits per heavy atom. The fourth-order valence-electron chi connectivity index (χ4n) is 1.76. The van der Waals surface area contributed by atoms with Crippen LogP contribution in [0.25, 0.3) is 0 Å². The molecule has 0 saturated carbocycles. The maximum Gasteiger partial charge on any atom is 0.237 e. The molecule has 0 aliphatic carbocycles. The Bertz CT molecular complexity index is 393. The Hall–Kier alpha value is -1.06. The van der Waals surface area contributed by atoms with Crippen LogP contribution >= 0.6 is 12.4 Å². The van der Waals surface area contributed by atoms with Crippen molar-refractivity contribution in [3.05, 3.63) is 35.4 Å². The van der Waals surface area contributed by atoms with Crippen molar-refractivity contribution < 1.29 is 4.79 Å². The maximum absolute atomic E-state index is 11.8. The maximum atomic E-state index is 11.8. The van der Waals surface area contributed by atoms with Gasteiger partial charge >= 0.3 is 0 Å². The molecule has 4 heteroatoms. The average molecular weight is 271 g/mol. The summed E-state index contributed by atoms with van der Waals surface area (Å²) in [5.74, 6) is 0.0647. The molecule has 1 aromatic rings. The number of aryl methyl sites for hydroxylation is 1. The van der Waals surface area contributed by atoms with Crippen molar-refractivity contribution in [3.8, 4) is 0 Å². The van der Waals surface area contributed by atoms with Gasteiger partial charge in [0.15, 0.2) is 0 Å². The molecule has 1 aromatic carbocycles. The Labute approximate surface area is 116 Å². The van der Waals surface area contributed by atoms with Gasteiger partial charge < -0.3 is 11.1 Å². The first-order chi connectivity index (χ1) is 7.93. The molecule has 1 unspecified atom stereocenters. The summed E-state index contributed by atoms with van der Waals surface area (Å²) < 4.78 is 0. The fourth-order valence-corrected chi connectivity index (χ4v) is 1.76. The summed E-state index contributed by atoms with van der Waals surface area (Å²) in [5.41, 5.74) is 8.13. The third kappa shape index (κ3) is 4.31. The van der Waals surface area contributed by atoms with Crippen LogP contribution in [0.5, 0.6) is 0 Å². The van der Waals surface area contributed by atoms with E-state index in [4.69, 9.17) is 5.73 Å². The molecular formula is C14H23ClN2O. The van der Waals surface area contributed by atoms with Gasteiger partial charge in [0.25, 0.3) is 0 Å². The predicted molar refractivity (Wildman–Crippen MR) is 77.8 cm³/mol. The second-order valence-corrected chi connectivity index (χ2v) is 4.86. The first-order valence-corrected chi connectivity index (χ1v) is 6.05. The fraction of sp³-hybridized carbons (Fsp3) is 0.500. The normalized spacial score (nSPS) is 13.7. The zero-order chi connectivity index (χ0) is 13.0. The Morgan fingerprint density at radius 2 is 1.78 bits per heavy atom. The molecule has 3 nitrogen and oxygen atoms in total. The molecule has 3 N–H and O–H groups in total. The van der Waals surface area contributed by atoms with E-state index in [1.807, 2.05) is 52.0 Å². The summed E-state index contributed by atoms with van der Waals surface area (Å²) in [5, 5.41) is 2.95. The van der Waals surface area contributed by atoms with E-state index in [9.17, 15) is 4.79 Å². The molecule has 0 radical (unpaired) electrons. The van der Waals surface area contributed by atoms with Crippen LogP contribution in [0.15, 0.2) is 24.3 Å². The van der Waals surface area contributed by atoms with Crippen LogP contribution in [-0.4, -0.2) is 11.9 Å². The smallest absolute Gasteiger partial charge is 0.237 e. The quantitative estimate of drug-likeness (QED) is 0.884. The van der Waals surface area contributed by atoms with Gasteiger partial charge in [-0.2, -0.15) is 0 Å². The number of halogens is 1. The third-order valence-electron chi connectivity index (χ3n) is 3.03. The largest absolute Gasteiger partial charge is 0.348 e. The molecule has 0 saturated heterocycles. The lowest BCUT2D eigenvalue weighted by molar-refractivity contribution is -0.123. The molecule has 0 spiro atoms. The number of carbonyl (C=O) groups is 1. The van der Waals surface area contributed by atoms with E-state index in [0.29, 0.717) is 0 Å². The molecule has 0 aromatic heterocycles. The Morgan fingerprint density at radius 1 is 1.22 bits per heavy atom. The van der Waals surface area contributed by atoms with E-state index >= 15 is 0 Å². The number of hydrogen-bond donors (Lipinski definition) is 2. The molecular weight excluding hydrogens is 248 g/mol. The van der Waals surface area contributed by atoms with Crippen molar-refractivity contribution in [1.82, 2.24) is 5.32 Å². The van der Waals surface area contributed by atoms with Gasteiger partial charge in [0, 0.05) is 0 Å². The van der Waals surface area contributed by atoms with Gasteiger partial charge in [-0.1, -0.05) is 38.1 Å². The van der Waals surface area contributed by atoms with Crippen molar-refractivity contribution in [3.63, 3.8) is 0 Å². The SMILES string of the molecule is Cc1ccccc1C(C)NC(=O)[C@H](N)C(C)C.Cl. The van der Waals surface area contributed by atoms with Gasteiger partial charge in [0.1, 0.15) is 0 Å². The highest BCUT2D eigenvalue weighted by molar-refractivity contribution is 5.85. The molecule has 102 valence electrons. The molecule has 1 rings (SSSR count).